The van der Waals surface area contributed by atoms with Gasteiger partial charge in [-0.05, 0) is 12.5 Å². The quantitative estimate of drug-likeness (QED) is 0.750. The van der Waals surface area contributed by atoms with E-state index in [2.05, 4.69) is 6.58 Å². The number of benzene rings is 1. The third-order valence-electron chi connectivity index (χ3n) is 2.64. The maximum Gasteiger partial charge on any atom is 0.221 e. The van der Waals surface area contributed by atoms with Gasteiger partial charge >= 0.3 is 0 Å². The number of hydrogen-bond acceptors (Lipinski definition) is 1. The number of primary amides is 1. The normalized spacial score (nSPS) is 14.3. The van der Waals surface area contributed by atoms with Crippen molar-refractivity contribution in [3.63, 3.8) is 0 Å². The highest BCUT2D eigenvalue weighted by molar-refractivity contribution is 5.78. The molecular weight excluding hydrogens is 186 g/mol. The van der Waals surface area contributed by atoms with Crippen LogP contribution in [0.5, 0.6) is 0 Å². The van der Waals surface area contributed by atoms with Crippen LogP contribution in [0.4, 0.5) is 0 Å². The van der Waals surface area contributed by atoms with Crippen molar-refractivity contribution in [1.82, 2.24) is 0 Å². The van der Waals surface area contributed by atoms with Crippen molar-refractivity contribution in [3.05, 3.63) is 48.0 Å². The minimum atomic E-state index is -0.285. The van der Waals surface area contributed by atoms with Crippen molar-refractivity contribution in [1.29, 1.82) is 0 Å². The second-order valence-electron chi connectivity index (χ2n) is 3.93. The summed E-state index contributed by atoms with van der Waals surface area (Å²) in [6.07, 6.45) is 0. The van der Waals surface area contributed by atoms with Gasteiger partial charge in [0.25, 0.3) is 0 Å². The number of rotatable bonds is 4. The summed E-state index contributed by atoms with van der Waals surface area (Å²) in [4.78, 5) is 11.2. The summed E-state index contributed by atoms with van der Waals surface area (Å²) in [5, 5.41) is 0. The zero-order valence-electron chi connectivity index (χ0n) is 9.23. The van der Waals surface area contributed by atoms with E-state index < -0.39 is 0 Å². The van der Waals surface area contributed by atoms with Crippen LogP contribution in [0.2, 0.25) is 0 Å². The van der Waals surface area contributed by atoms with Crippen LogP contribution in [0.1, 0.15) is 25.3 Å². The van der Waals surface area contributed by atoms with Gasteiger partial charge in [-0.25, -0.2) is 0 Å². The summed E-state index contributed by atoms with van der Waals surface area (Å²) >= 11 is 0. The number of amides is 1. The molecule has 0 aliphatic carbocycles. The Labute approximate surface area is 90.8 Å². The molecule has 0 aromatic heterocycles. The predicted octanol–water partition coefficient (Wildman–Crippen LogP) is 2.47. The molecule has 0 bridgehead atoms. The molecule has 15 heavy (non-hydrogen) atoms. The molecule has 1 aromatic rings. The molecule has 2 atom stereocenters. The van der Waals surface area contributed by atoms with Gasteiger partial charge < -0.3 is 5.73 Å². The molecule has 0 aliphatic heterocycles. The minimum Gasteiger partial charge on any atom is -0.369 e. The Morgan fingerprint density at radius 1 is 1.33 bits per heavy atom. The molecule has 1 rings (SSSR count). The molecule has 0 spiro atoms. The molecule has 0 aliphatic rings. The van der Waals surface area contributed by atoms with Crippen LogP contribution < -0.4 is 5.73 Å². The Kier molecular flexibility index (Phi) is 3.67. The zero-order valence-corrected chi connectivity index (χ0v) is 9.23. The van der Waals surface area contributed by atoms with E-state index in [9.17, 15) is 4.79 Å². The van der Waals surface area contributed by atoms with E-state index in [1.54, 1.807) is 0 Å². The first-order valence-corrected chi connectivity index (χ1v) is 5.03. The van der Waals surface area contributed by atoms with Crippen molar-refractivity contribution in [3.8, 4) is 0 Å². The van der Waals surface area contributed by atoms with E-state index in [0.29, 0.717) is 0 Å². The fraction of sp³-hybridized carbons (Fsp3) is 0.308. The van der Waals surface area contributed by atoms with Crippen molar-refractivity contribution < 1.29 is 4.79 Å². The molecular formula is C13H17NO. The SMILES string of the molecule is C=C(C)C(c1ccccc1)C(C)C(N)=O. The lowest BCUT2D eigenvalue weighted by molar-refractivity contribution is -0.121. The molecule has 0 saturated carbocycles. The lowest BCUT2D eigenvalue weighted by Gasteiger charge is -2.22. The highest BCUT2D eigenvalue weighted by atomic mass is 16.1. The van der Waals surface area contributed by atoms with E-state index in [4.69, 9.17) is 5.73 Å². The maximum atomic E-state index is 11.2. The molecule has 0 heterocycles. The first-order valence-electron chi connectivity index (χ1n) is 5.03. The van der Waals surface area contributed by atoms with Crippen molar-refractivity contribution in [2.75, 3.05) is 0 Å². The van der Waals surface area contributed by atoms with Gasteiger partial charge in [-0.3, -0.25) is 4.79 Å². The third-order valence-corrected chi connectivity index (χ3v) is 2.64. The van der Waals surface area contributed by atoms with E-state index in [1.807, 2.05) is 44.2 Å². The molecule has 2 N–H and O–H groups in total. The van der Waals surface area contributed by atoms with Crippen LogP contribution in [0.25, 0.3) is 0 Å². The molecule has 2 heteroatoms. The number of carbonyl (C=O) groups is 1. The number of hydrogen-bond donors (Lipinski definition) is 1. The van der Waals surface area contributed by atoms with E-state index in [1.165, 1.54) is 0 Å². The minimum absolute atomic E-state index is 0.0173. The van der Waals surface area contributed by atoms with E-state index >= 15 is 0 Å². The number of allylic oxidation sites excluding steroid dienone is 1. The second-order valence-corrected chi connectivity index (χ2v) is 3.93. The maximum absolute atomic E-state index is 11.2. The molecule has 2 nitrogen and oxygen atoms in total. The van der Waals surface area contributed by atoms with Crippen LogP contribution in [0, 0.1) is 5.92 Å². The van der Waals surface area contributed by atoms with Gasteiger partial charge in [0.05, 0.1) is 0 Å². The topological polar surface area (TPSA) is 43.1 Å². The zero-order chi connectivity index (χ0) is 11.4. The van der Waals surface area contributed by atoms with Crippen molar-refractivity contribution in [2.45, 2.75) is 19.8 Å². The Hall–Kier alpha value is -1.57. The highest BCUT2D eigenvalue weighted by Gasteiger charge is 2.23. The van der Waals surface area contributed by atoms with Crippen LogP contribution in [-0.2, 0) is 4.79 Å². The lowest BCUT2D eigenvalue weighted by Crippen LogP contribution is -2.26. The summed E-state index contributed by atoms with van der Waals surface area (Å²) in [7, 11) is 0. The molecule has 0 radical (unpaired) electrons. The van der Waals surface area contributed by atoms with Crippen molar-refractivity contribution >= 4 is 5.91 Å². The fourth-order valence-corrected chi connectivity index (χ4v) is 1.82. The Morgan fingerprint density at radius 2 is 1.87 bits per heavy atom. The van der Waals surface area contributed by atoms with Crippen molar-refractivity contribution in [2.24, 2.45) is 11.7 Å². The van der Waals surface area contributed by atoms with Crippen LogP contribution >= 0.6 is 0 Å². The smallest absolute Gasteiger partial charge is 0.221 e. The van der Waals surface area contributed by atoms with Gasteiger partial charge in [0.1, 0.15) is 0 Å². The average Bonchev–Trinajstić information content (AvgIpc) is 2.18. The van der Waals surface area contributed by atoms with Gasteiger partial charge in [0, 0.05) is 11.8 Å². The first kappa shape index (κ1) is 11.5. The summed E-state index contributed by atoms with van der Waals surface area (Å²) in [5.41, 5.74) is 7.39. The summed E-state index contributed by atoms with van der Waals surface area (Å²) < 4.78 is 0. The van der Waals surface area contributed by atoms with Gasteiger partial charge in [-0.1, -0.05) is 49.4 Å². The molecule has 0 fully saturated rings. The predicted molar refractivity (Wildman–Crippen MR) is 62.4 cm³/mol. The standard InChI is InChI=1S/C13H17NO/c1-9(2)12(10(3)13(14)15)11-7-5-4-6-8-11/h4-8,10,12H,1H2,2-3H3,(H2,14,15). The van der Waals surface area contributed by atoms with Gasteiger partial charge in [-0.2, -0.15) is 0 Å². The molecule has 80 valence electrons. The average molecular weight is 203 g/mol. The van der Waals surface area contributed by atoms with Gasteiger partial charge in [0.2, 0.25) is 5.91 Å². The molecule has 1 aromatic carbocycles. The van der Waals surface area contributed by atoms with E-state index in [-0.39, 0.29) is 17.7 Å². The highest BCUT2D eigenvalue weighted by Crippen LogP contribution is 2.30. The number of carbonyl (C=O) groups excluding carboxylic acids is 1. The Balaban J connectivity index is 3.04. The Bertz CT molecular complexity index is 356. The van der Waals surface area contributed by atoms with E-state index in [0.717, 1.165) is 11.1 Å². The number of nitrogens with two attached hydrogens (primary N) is 1. The summed E-state index contributed by atoms with van der Waals surface area (Å²) in [6.45, 7) is 7.70. The summed E-state index contributed by atoms with van der Waals surface area (Å²) in [5.74, 6) is -0.486. The first-order chi connectivity index (χ1) is 7.04. The fourth-order valence-electron chi connectivity index (χ4n) is 1.82. The monoisotopic (exact) mass is 203 g/mol. The van der Waals surface area contributed by atoms with Gasteiger partial charge in [-0.15, -0.1) is 0 Å². The third kappa shape index (κ3) is 2.69. The summed E-state index contributed by atoms with van der Waals surface area (Å²) in [6, 6.07) is 9.86. The van der Waals surface area contributed by atoms with Crippen LogP contribution in [-0.4, -0.2) is 5.91 Å². The lowest BCUT2D eigenvalue weighted by atomic mass is 9.82. The Morgan fingerprint density at radius 3 is 2.27 bits per heavy atom. The molecule has 1 amide bonds. The molecule has 0 saturated heterocycles. The van der Waals surface area contributed by atoms with Crippen LogP contribution in [0.3, 0.4) is 0 Å². The molecule has 2 unspecified atom stereocenters. The van der Waals surface area contributed by atoms with Crippen LogP contribution in [0.15, 0.2) is 42.5 Å². The van der Waals surface area contributed by atoms with Gasteiger partial charge in [0.15, 0.2) is 0 Å². The largest absolute Gasteiger partial charge is 0.369 e. The second kappa shape index (κ2) is 4.78.